The molecule has 1 saturated heterocycles. The van der Waals surface area contributed by atoms with Gasteiger partial charge < -0.3 is 4.90 Å². The monoisotopic (exact) mass is 532 g/mol. The number of fused-ring (bicyclic) bond motifs is 5. The van der Waals surface area contributed by atoms with Gasteiger partial charge in [-0.25, -0.2) is 0 Å². The lowest BCUT2D eigenvalue weighted by Crippen LogP contribution is -2.48. The molecule has 3 aliphatic rings. The molecule has 3 atom stereocenters. The summed E-state index contributed by atoms with van der Waals surface area (Å²) in [5.74, 6) is -1.93. The second-order valence-electron chi connectivity index (χ2n) is 9.96. The number of carbonyl (C=O) groups is 3. The minimum atomic E-state index is -1.68. The molecule has 4 aromatic rings. The zero-order chi connectivity index (χ0) is 26.9. The number of rotatable bonds is 4. The van der Waals surface area contributed by atoms with Crippen molar-refractivity contribution in [2.24, 2.45) is 5.41 Å². The molecule has 1 unspecified atom stereocenters. The smallest absolute Gasteiger partial charge is 0.269 e. The molecule has 190 valence electrons. The average Bonchev–Trinajstić information content (AvgIpc) is 3.66. The Balaban J connectivity index is 1.57. The van der Waals surface area contributed by atoms with Gasteiger partial charge in [0.2, 0.25) is 0 Å². The number of hydrogen-bond donors (Lipinski definition) is 0. The largest absolute Gasteiger partial charge is 0.352 e. The van der Waals surface area contributed by atoms with Crippen molar-refractivity contribution < 1.29 is 19.3 Å². The zero-order valence-electron chi connectivity index (χ0n) is 20.4. The molecule has 0 amide bonds. The number of carbonyl (C=O) groups excluding carboxylic acids is 3. The molecule has 1 spiro atoms. The highest BCUT2D eigenvalue weighted by Gasteiger charge is 2.71. The van der Waals surface area contributed by atoms with Crippen LogP contribution in [0.4, 0.5) is 11.4 Å². The number of Topliss-reactive ketones (excluding diaryl/α,β-unsaturated/α-hetero) is 3. The van der Waals surface area contributed by atoms with Gasteiger partial charge in [-0.3, -0.25) is 24.5 Å². The number of nitro groups is 1. The van der Waals surface area contributed by atoms with Crippen LogP contribution < -0.4 is 4.90 Å². The van der Waals surface area contributed by atoms with Crippen LogP contribution in [-0.4, -0.2) is 34.4 Å². The summed E-state index contributed by atoms with van der Waals surface area (Å²) in [6.45, 7) is 0. The lowest BCUT2D eigenvalue weighted by Gasteiger charge is -2.37. The Morgan fingerprint density at radius 1 is 0.897 bits per heavy atom. The fraction of sp³-hybridized carbons (Fsp3) is 0.129. The van der Waals surface area contributed by atoms with Crippen LogP contribution in [0.25, 0.3) is 6.08 Å². The molecule has 7 rings (SSSR count). The van der Waals surface area contributed by atoms with E-state index in [0.717, 1.165) is 11.3 Å². The van der Waals surface area contributed by atoms with Gasteiger partial charge in [0.05, 0.1) is 15.8 Å². The van der Waals surface area contributed by atoms with Gasteiger partial charge in [0.1, 0.15) is 11.5 Å². The highest BCUT2D eigenvalue weighted by molar-refractivity contribution is 7.12. The molecule has 1 fully saturated rings. The lowest BCUT2D eigenvalue weighted by molar-refractivity contribution is -0.384. The second kappa shape index (κ2) is 8.41. The molecular weight excluding hydrogens is 512 g/mol. The normalized spacial score (nSPS) is 22.1. The van der Waals surface area contributed by atoms with Gasteiger partial charge in [-0.05, 0) is 28.6 Å². The molecule has 0 radical (unpaired) electrons. The molecule has 39 heavy (non-hydrogen) atoms. The maximum Gasteiger partial charge on any atom is 0.269 e. The third kappa shape index (κ3) is 3.06. The molecule has 1 aromatic heterocycles. The van der Waals surface area contributed by atoms with Crippen molar-refractivity contribution in [3.63, 3.8) is 0 Å². The number of benzene rings is 3. The summed E-state index contributed by atoms with van der Waals surface area (Å²) in [5, 5.41) is 13.6. The topological polar surface area (TPSA) is 97.6 Å². The first kappa shape index (κ1) is 23.4. The Hall–Kier alpha value is -4.69. The van der Waals surface area contributed by atoms with Gasteiger partial charge in [0, 0.05) is 34.9 Å². The van der Waals surface area contributed by atoms with Crippen LogP contribution in [0.3, 0.4) is 0 Å². The molecule has 1 aliphatic carbocycles. The van der Waals surface area contributed by atoms with Crippen LogP contribution in [0.15, 0.2) is 96.4 Å². The number of para-hydroxylation sites is 1. The number of nitrogens with zero attached hydrogens (tertiary/aromatic N) is 2. The molecule has 0 N–H and O–H groups in total. The van der Waals surface area contributed by atoms with Crippen molar-refractivity contribution in [3.8, 4) is 0 Å². The minimum Gasteiger partial charge on any atom is -0.352 e. The highest BCUT2D eigenvalue weighted by Crippen LogP contribution is 2.61. The number of nitro benzene ring substituents is 1. The molecular formula is C31H20N2O5S. The minimum absolute atomic E-state index is 0.166. The fourth-order valence-electron chi connectivity index (χ4n) is 6.69. The van der Waals surface area contributed by atoms with Crippen molar-refractivity contribution in [1.82, 2.24) is 0 Å². The van der Waals surface area contributed by atoms with Gasteiger partial charge >= 0.3 is 0 Å². The molecule has 2 aliphatic heterocycles. The number of ketones is 3. The van der Waals surface area contributed by atoms with Crippen molar-refractivity contribution in [2.75, 3.05) is 4.90 Å². The summed E-state index contributed by atoms with van der Waals surface area (Å²) < 4.78 is 0. The van der Waals surface area contributed by atoms with Crippen LogP contribution in [0.5, 0.6) is 0 Å². The van der Waals surface area contributed by atoms with E-state index in [-0.39, 0.29) is 23.0 Å². The van der Waals surface area contributed by atoms with Crippen LogP contribution in [0.1, 0.15) is 47.4 Å². The van der Waals surface area contributed by atoms with E-state index >= 15 is 0 Å². The summed E-state index contributed by atoms with van der Waals surface area (Å²) >= 11 is 1.29. The van der Waals surface area contributed by atoms with E-state index in [9.17, 15) is 24.5 Å². The van der Waals surface area contributed by atoms with Gasteiger partial charge in [0.25, 0.3) is 5.69 Å². The quantitative estimate of drug-likeness (QED) is 0.139. The van der Waals surface area contributed by atoms with E-state index in [0.29, 0.717) is 21.6 Å². The summed E-state index contributed by atoms with van der Waals surface area (Å²) in [5.41, 5.74) is 0.797. The Morgan fingerprint density at radius 2 is 1.62 bits per heavy atom. The molecule has 8 heteroatoms. The third-order valence-electron chi connectivity index (χ3n) is 8.19. The van der Waals surface area contributed by atoms with Gasteiger partial charge in [-0.2, -0.15) is 0 Å². The second-order valence-corrected chi connectivity index (χ2v) is 10.9. The van der Waals surface area contributed by atoms with E-state index in [1.165, 1.54) is 23.5 Å². The number of thiophene rings is 1. The Bertz CT molecular complexity index is 1710. The van der Waals surface area contributed by atoms with Crippen molar-refractivity contribution in [2.45, 2.75) is 18.0 Å². The first-order chi connectivity index (χ1) is 18.9. The van der Waals surface area contributed by atoms with E-state index in [1.807, 2.05) is 46.7 Å². The predicted molar refractivity (Wildman–Crippen MR) is 148 cm³/mol. The SMILES string of the molecule is O=C(c1cccs1)[C@H]1[C@H](c2cccc([N+](=O)[O-])c2)C2(C(=O)c3ccccc3C2=O)C2C=Cc3ccccc3N21. The van der Waals surface area contributed by atoms with Crippen LogP contribution in [0, 0.1) is 15.5 Å². The van der Waals surface area contributed by atoms with Crippen molar-refractivity contribution in [3.05, 3.63) is 134 Å². The fourth-order valence-corrected chi connectivity index (χ4v) is 7.38. The molecule has 0 bridgehead atoms. The number of non-ortho nitro benzene ring substituents is 1. The Labute approximate surface area is 227 Å². The first-order valence-electron chi connectivity index (χ1n) is 12.5. The van der Waals surface area contributed by atoms with Crippen LogP contribution >= 0.6 is 11.3 Å². The van der Waals surface area contributed by atoms with E-state index in [2.05, 4.69) is 0 Å². The lowest BCUT2D eigenvalue weighted by atomic mass is 9.64. The zero-order valence-corrected chi connectivity index (χ0v) is 21.2. The average molecular weight is 533 g/mol. The summed E-state index contributed by atoms with van der Waals surface area (Å²) in [4.78, 5) is 57.1. The van der Waals surface area contributed by atoms with Gasteiger partial charge in [-0.1, -0.05) is 72.8 Å². The Morgan fingerprint density at radius 3 is 2.31 bits per heavy atom. The summed E-state index contributed by atoms with van der Waals surface area (Å²) in [6.07, 6.45) is 3.74. The molecule has 7 nitrogen and oxygen atoms in total. The third-order valence-corrected chi connectivity index (χ3v) is 9.07. The van der Waals surface area contributed by atoms with Crippen LogP contribution in [-0.2, 0) is 0 Å². The Kier molecular flexibility index (Phi) is 5.05. The maximum absolute atomic E-state index is 14.5. The van der Waals surface area contributed by atoms with Gasteiger partial charge in [0.15, 0.2) is 17.3 Å². The van der Waals surface area contributed by atoms with Crippen molar-refractivity contribution in [1.29, 1.82) is 0 Å². The maximum atomic E-state index is 14.5. The van der Waals surface area contributed by atoms with Crippen molar-refractivity contribution >= 4 is 46.1 Å². The molecule has 0 saturated carbocycles. The standard InChI is InChI=1S/C31H20N2O5S/c34-28(24-13-6-16-39-24)27-26(19-8-5-9-20(17-19)33(37)38)31(29(35)21-10-2-3-11-22(21)30(31)36)25-15-14-18-7-1-4-12-23(18)32(25)27/h1-17,25-27H/t25?,26-,27+/m0/s1. The molecule has 3 aromatic carbocycles. The summed E-state index contributed by atoms with van der Waals surface area (Å²) in [7, 11) is 0. The summed E-state index contributed by atoms with van der Waals surface area (Å²) in [6, 6.07) is 22.1. The number of anilines is 1. The first-order valence-corrected chi connectivity index (χ1v) is 13.4. The van der Waals surface area contributed by atoms with Crippen LogP contribution in [0.2, 0.25) is 0 Å². The molecule has 3 heterocycles. The number of hydrogen-bond acceptors (Lipinski definition) is 7. The van der Waals surface area contributed by atoms with Gasteiger partial charge in [-0.15, -0.1) is 11.3 Å². The van der Waals surface area contributed by atoms with E-state index in [1.54, 1.807) is 48.5 Å². The van der Waals surface area contributed by atoms with E-state index in [4.69, 9.17) is 0 Å². The highest BCUT2D eigenvalue weighted by atomic mass is 32.1. The van der Waals surface area contributed by atoms with E-state index < -0.39 is 28.3 Å². The predicted octanol–water partition coefficient (Wildman–Crippen LogP) is 5.97.